The van der Waals surface area contributed by atoms with E-state index >= 15 is 0 Å². The van der Waals surface area contributed by atoms with Gasteiger partial charge in [-0.25, -0.2) is 0 Å². The molecular weight excluding hydrogens is 238 g/mol. The average Bonchev–Trinajstić information content (AvgIpc) is 2.33. The molecule has 0 heterocycles. The summed E-state index contributed by atoms with van der Waals surface area (Å²) in [4.78, 5) is 13.9. The van der Waals surface area contributed by atoms with Crippen molar-refractivity contribution in [2.75, 3.05) is 19.7 Å². The molecule has 1 aromatic rings. The minimum atomic E-state index is -0.0744. The first kappa shape index (κ1) is 14.0. The van der Waals surface area contributed by atoms with Gasteiger partial charge in [-0.15, -0.1) is 0 Å². The molecule has 0 fully saturated rings. The van der Waals surface area contributed by atoms with Crippen LogP contribution in [0.25, 0.3) is 0 Å². The Morgan fingerprint density at radius 2 is 2.18 bits per heavy atom. The van der Waals surface area contributed by atoms with Crippen LogP contribution in [0.5, 0.6) is 0 Å². The monoisotopic (exact) mass is 255 g/mol. The van der Waals surface area contributed by atoms with Gasteiger partial charge in [-0.3, -0.25) is 4.79 Å². The standard InChI is InChI=1S/C13H18ClNO2/c1-3-15(8-5-9-16)13(17)11-7-4-6-10(2)12(11)14/h4,6-7,16H,3,5,8-9H2,1-2H3. The summed E-state index contributed by atoms with van der Waals surface area (Å²) in [6.07, 6.45) is 0.586. The second-order valence-electron chi connectivity index (χ2n) is 3.90. The summed E-state index contributed by atoms with van der Waals surface area (Å²) in [5.41, 5.74) is 1.43. The zero-order valence-electron chi connectivity index (χ0n) is 10.2. The third-order valence-corrected chi connectivity index (χ3v) is 3.18. The van der Waals surface area contributed by atoms with Crippen LogP contribution in [0.2, 0.25) is 5.02 Å². The number of nitrogens with zero attached hydrogens (tertiary/aromatic N) is 1. The molecule has 1 amide bonds. The number of carbonyl (C=O) groups is 1. The highest BCUT2D eigenvalue weighted by atomic mass is 35.5. The average molecular weight is 256 g/mol. The lowest BCUT2D eigenvalue weighted by Crippen LogP contribution is -2.32. The van der Waals surface area contributed by atoms with Crippen LogP contribution in [0.4, 0.5) is 0 Å². The van der Waals surface area contributed by atoms with Gasteiger partial charge in [-0.1, -0.05) is 23.7 Å². The van der Waals surface area contributed by atoms with E-state index < -0.39 is 0 Å². The molecular formula is C13H18ClNO2. The Kier molecular flexibility index (Phi) is 5.45. The molecule has 0 aliphatic heterocycles. The number of hydrogen-bond donors (Lipinski definition) is 1. The van der Waals surface area contributed by atoms with Gasteiger partial charge in [-0.2, -0.15) is 0 Å². The van der Waals surface area contributed by atoms with Gasteiger partial charge in [0.1, 0.15) is 0 Å². The third-order valence-electron chi connectivity index (χ3n) is 2.68. The SMILES string of the molecule is CCN(CCCO)C(=O)c1cccc(C)c1Cl. The molecule has 17 heavy (non-hydrogen) atoms. The van der Waals surface area contributed by atoms with Crippen molar-refractivity contribution in [2.45, 2.75) is 20.3 Å². The maximum absolute atomic E-state index is 12.2. The lowest BCUT2D eigenvalue weighted by atomic mass is 10.1. The smallest absolute Gasteiger partial charge is 0.255 e. The van der Waals surface area contributed by atoms with E-state index in [-0.39, 0.29) is 12.5 Å². The topological polar surface area (TPSA) is 40.5 Å². The predicted octanol–water partition coefficient (Wildman–Crippen LogP) is 2.49. The van der Waals surface area contributed by atoms with E-state index in [9.17, 15) is 4.79 Å². The first-order valence-corrected chi connectivity index (χ1v) is 6.14. The molecule has 1 aromatic carbocycles. The third kappa shape index (κ3) is 3.45. The molecule has 0 bridgehead atoms. The van der Waals surface area contributed by atoms with Crippen LogP contribution in [0.1, 0.15) is 29.3 Å². The zero-order chi connectivity index (χ0) is 12.8. The quantitative estimate of drug-likeness (QED) is 0.878. The number of halogens is 1. The number of amides is 1. The molecule has 0 radical (unpaired) electrons. The van der Waals surface area contributed by atoms with E-state index in [4.69, 9.17) is 16.7 Å². The minimum Gasteiger partial charge on any atom is -0.396 e. The predicted molar refractivity (Wildman–Crippen MR) is 69.5 cm³/mol. The second-order valence-corrected chi connectivity index (χ2v) is 4.28. The summed E-state index contributed by atoms with van der Waals surface area (Å²) in [6.45, 7) is 5.05. The van der Waals surface area contributed by atoms with Crippen LogP contribution in [0, 0.1) is 6.92 Å². The fourth-order valence-electron chi connectivity index (χ4n) is 1.65. The van der Waals surface area contributed by atoms with Gasteiger partial charge < -0.3 is 10.0 Å². The van der Waals surface area contributed by atoms with Crippen LogP contribution in [-0.2, 0) is 0 Å². The van der Waals surface area contributed by atoms with Gasteiger partial charge in [0.2, 0.25) is 0 Å². The minimum absolute atomic E-state index is 0.0744. The number of carbonyl (C=O) groups excluding carboxylic acids is 1. The number of benzene rings is 1. The molecule has 1 rings (SSSR count). The van der Waals surface area contributed by atoms with Crippen LogP contribution in [0.15, 0.2) is 18.2 Å². The lowest BCUT2D eigenvalue weighted by Gasteiger charge is -2.21. The highest BCUT2D eigenvalue weighted by molar-refractivity contribution is 6.34. The number of aryl methyl sites for hydroxylation is 1. The van der Waals surface area contributed by atoms with E-state index in [0.717, 1.165) is 5.56 Å². The maximum atomic E-state index is 12.2. The summed E-state index contributed by atoms with van der Waals surface area (Å²) in [6, 6.07) is 5.44. The summed E-state index contributed by atoms with van der Waals surface area (Å²) in [5, 5.41) is 9.31. The van der Waals surface area contributed by atoms with Crippen LogP contribution < -0.4 is 0 Å². The molecule has 0 saturated carbocycles. The molecule has 94 valence electrons. The number of aliphatic hydroxyl groups is 1. The Balaban J connectivity index is 2.90. The van der Waals surface area contributed by atoms with Gasteiger partial charge in [0.05, 0.1) is 10.6 Å². The molecule has 0 spiro atoms. The lowest BCUT2D eigenvalue weighted by molar-refractivity contribution is 0.0754. The zero-order valence-corrected chi connectivity index (χ0v) is 11.0. The van der Waals surface area contributed by atoms with Crippen LogP contribution in [-0.4, -0.2) is 35.6 Å². The largest absolute Gasteiger partial charge is 0.396 e. The van der Waals surface area contributed by atoms with Gasteiger partial charge in [0, 0.05) is 19.7 Å². The van der Waals surface area contributed by atoms with Gasteiger partial charge in [-0.05, 0) is 31.9 Å². The van der Waals surface area contributed by atoms with Crippen molar-refractivity contribution < 1.29 is 9.90 Å². The fourth-order valence-corrected chi connectivity index (χ4v) is 1.85. The number of rotatable bonds is 5. The molecule has 1 N–H and O–H groups in total. The summed E-state index contributed by atoms with van der Waals surface area (Å²) >= 11 is 6.13. The van der Waals surface area contributed by atoms with E-state index in [0.29, 0.717) is 30.1 Å². The Labute approximate surface area is 107 Å². The molecule has 0 unspecified atom stereocenters. The number of aliphatic hydroxyl groups excluding tert-OH is 1. The van der Waals surface area contributed by atoms with Crippen molar-refractivity contribution in [2.24, 2.45) is 0 Å². The highest BCUT2D eigenvalue weighted by Crippen LogP contribution is 2.21. The molecule has 0 saturated heterocycles. The molecule has 0 aromatic heterocycles. The van der Waals surface area contributed by atoms with Crippen LogP contribution in [0.3, 0.4) is 0 Å². The first-order chi connectivity index (χ1) is 8.11. The highest BCUT2D eigenvalue weighted by Gasteiger charge is 2.17. The second kappa shape index (κ2) is 6.62. The van der Waals surface area contributed by atoms with Crippen LogP contribution >= 0.6 is 11.6 Å². The molecule has 0 aliphatic rings. The van der Waals surface area contributed by atoms with Crippen molar-refractivity contribution >= 4 is 17.5 Å². The van der Waals surface area contributed by atoms with E-state index in [1.165, 1.54) is 0 Å². The van der Waals surface area contributed by atoms with Gasteiger partial charge in [0.15, 0.2) is 0 Å². The van der Waals surface area contributed by atoms with Crippen molar-refractivity contribution in [1.82, 2.24) is 4.90 Å². The molecule has 0 aliphatic carbocycles. The summed E-state index contributed by atoms with van der Waals surface area (Å²) < 4.78 is 0. The van der Waals surface area contributed by atoms with Gasteiger partial charge in [0.25, 0.3) is 5.91 Å². The van der Waals surface area contributed by atoms with Gasteiger partial charge >= 0.3 is 0 Å². The van der Waals surface area contributed by atoms with Crippen molar-refractivity contribution in [3.63, 3.8) is 0 Å². The fraction of sp³-hybridized carbons (Fsp3) is 0.462. The van der Waals surface area contributed by atoms with E-state index in [1.54, 1.807) is 11.0 Å². The Hall–Kier alpha value is -1.06. The molecule has 3 nitrogen and oxygen atoms in total. The van der Waals surface area contributed by atoms with Crippen molar-refractivity contribution in [3.8, 4) is 0 Å². The summed E-state index contributed by atoms with van der Waals surface area (Å²) in [7, 11) is 0. The molecule has 0 atom stereocenters. The van der Waals surface area contributed by atoms with Crippen molar-refractivity contribution in [3.05, 3.63) is 34.3 Å². The van der Waals surface area contributed by atoms with Crippen molar-refractivity contribution in [1.29, 1.82) is 0 Å². The summed E-state index contributed by atoms with van der Waals surface area (Å²) in [5.74, 6) is -0.0744. The normalized spacial score (nSPS) is 10.4. The molecule has 4 heteroatoms. The van der Waals surface area contributed by atoms with E-state index in [2.05, 4.69) is 0 Å². The Morgan fingerprint density at radius 1 is 1.47 bits per heavy atom. The maximum Gasteiger partial charge on any atom is 0.255 e. The number of hydrogen-bond acceptors (Lipinski definition) is 2. The Morgan fingerprint density at radius 3 is 2.76 bits per heavy atom. The first-order valence-electron chi connectivity index (χ1n) is 5.77. The van der Waals surface area contributed by atoms with E-state index in [1.807, 2.05) is 26.0 Å². The Bertz CT molecular complexity index is 393.